The maximum absolute atomic E-state index is 8.81. The number of rotatable bonds is 3. The highest BCUT2D eigenvalue weighted by Gasteiger charge is 2.29. The first kappa shape index (κ1) is 13.2. The van der Waals surface area contributed by atoms with Gasteiger partial charge in [-0.25, -0.2) is 0 Å². The number of hydrogen-bond donors (Lipinski definition) is 2. The first-order valence-corrected chi connectivity index (χ1v) is 7.19. The summed E-state index contributed by atoms with van der Waals surface area (Å²) in [5.41, 5.74) is 7.05. The molecule has 0 aliphatic carbocycles. The molecule has 3 rings (SSSR count). The summed E-state index contributed by atoms with van der Waals surface area (Å²) < 4.78 is 5.73. The van der Waals surface area contributed by atoms with Crippen LogP contribution in [0.15, 0.2) is 29.4 Å². The molecule has 0 radical (unpaired) electrons. The van der Waals surface area contributed by atoms with Gasteiger partial charge in [0, 0.05) is 30.5 Å². The number of nitrogens with zero attached hydrogens (tertiary/aromatic N) is 2. The van der Waals surface area contributed by atoms with E-state index < -0.39 is 0 Å². The molecule has 108 valence electrons. The van der Waals surface area contributed by atoms with Crippen molar-refractivity contribution in [2.24, 2.45) is 16.8 Å². The van der Waals surface area contributed by atoms with Gasteiger partial charge >= 0.3 is 0 Å². The Kier molecular flexibility index (Phi) is 3.78. The molecule has 2 aliphatic heterocycles. The summed E-state index contributed by atoms with van der Waals surface area (Å²) in [6.45, 7) is 3.68. The largest absolute Gasteiger partial charge is 0.493 e. The van der Waals surface area contributed by atoms with Crippen LogP contribution in [0.3, 0.4) is 0 Å². The molecule has 1 saturated heterocycles. The first-order chi connectivity index (χ1) is 9.78. The predicted molar refractivity (Wildman–Crippen MR) is 77.3 cm³/mol. The van der Waals surface area contributed by atoms with E-state index in [-0.39, 0.29) is 5.92 Å². The van der Waals surface area contributed by atoms with Crippen LogP contribution in [-0.2, 0) is 0 Å². The number of likely N-dealkylation sites (tertiary alicyclic amines) is 1. The Morgan fingerprint density at radius 2 is 2.30 bits per heavy atom. The molecule has 1 aromatic carbocycles. The lowest BCUT2D eigenvalue weighted by atomic mass is 9.94. The van der Waals surface area contributed by atoms with Gasteiger partial charge in [-0.3, -0.25) is 0 Å². The summed E-state index contributed by atoms with van der Waals surface area (Å²) in [6, 6.07) is 8.26. The van der Waals surface area contributed by atoms with Gasteiger partial charge in [-0.15, -0.1) is 0 Å². The minimum Gasteiger partial charge on any atom is -0.493 e. The molecule has 0 saturated carbocycles. The number of para-hydroxylation sites is 1. The third-order valence-corrected chi connectivity index (χ3v) is 4.32. The molecule has 2 aliphatic rings. The highest BCUT2D eigenvalue weighted by molar-refractivity contribution is 5.82. The number of hydrogen-bond acceptors (Lipinski definition) is 4. The van der Waals surface area contributed by atoms with Crippen LogP contribution in [0, 0.1) is 5.92 Å². The lowest BCUT2D eigenvalue weighted by Crippen LogP contribution is -2.43. The monoisotopic (exact) mass is 275 g/mol. The maximum atomic E-state index is 8.81. The van der Waals surface area contributed by atoms with Crippen molar-refractivity contribution in [3.63, 3.8) is 0 Å². The number of oxime groups is 1. The third kappa shape index (κ3) is 2.58. The van der Waals surface area contributed by atoms with E-state index in [1.54, 1.807) is 0 Å². The van der Waals surface area contributed by atoms with Crippen molar-refractivity contribution < 1.29 is 9.94 Å². The molecule has 2 heterocycles. The van der Waals surface area contributed by atoms with Gasteiger partial charge in [0.25, 0.3) is 0 Å². The lowest BCUT2D eigenvalue weighted by Gasteiger charge is -2.33. The standard InChI is InChI=1S/C15H21N3O2/c16-15(17-19)11-4-3-7-18(8-11)9-12-10-20-14-6-2-1-5-13(12)14/h1-2,5-6,11-12,19H,3-4,7-10H2,(H2,16,17). The van der Waals surface area contributed by atoms with E-state index in [1.165, 1.54) is 5.56 Å². The molecule has 1 aromatic rings. The number of amidine groups is 1. The minimum atomic E-state index is 0.173. The first-order valence-electron chi connectivity index (χ1n) is 7.19. The zero-order chi connectivity index (χ0) is 13.9. The molecule has 2 atom stereocenters. The SMILES string of the molecule is NC(=NO)C1CCCN(CC2COc3ccccc32)C1. The van der Waals surface area contributed by atoms with Gasteiger partial charge in [0.15, 0.2) is 0 Å². The second-order valence-electron chi connectivity index (χ2n) is 5.67. The highest BCUT2D eigenvalue weighted by Crippen LogP contribution is 2.34. The van der Waals surface area contributed by atoms with Crippen LogP contribution in [0.5, 0.6) is 5.75 Å². The maximum Gasteiger partial charge on any atom is 0.143 e. The Hall–Kier alpha value is -1.75. The van der Waals surface area contributed by atoms with Crippen molar-refractivity contribution in [1.82, 2.24) is 4.90 Å². The van der Waals surface area contributed by atoms with Crippen LogP contribution >= 0.6 is 0 Å². The molecule has 5 nitrogen and oxygen atoms in total. The average molecular weight is 275 g/mol. The quantitative estimate of drug-likeness (QED) is 0.380. The fraction of sp³-hybridized carbons (Fsp3) is 0.533. The molecule has 1 fully saturated rings. The number of fused-ring (bicyclic) bond motifs is 1. The van der Waals surface area contributed by atoms with Crippen LogP contribution in [0.2, 0.25) is 0 Å². The second-order valence-corrected chi connectivity index (χ2v) is 5.67. The van der Waals surface area contributed by atoms with Gasteiger partial charge in [-0.1, -0.05) is 23.4 Å². The Balaban J connectivity index is 1.64. The number of nitrogens with two attached hydrogens (primary N) is 1. The van der Waals surface area contributed by atoms with Crippen LogP contribution in [0.1, 0.15) is 24.3 Å². The fourth-order valence-corrected chi connectivity index (χ4v) is 3.24. The van der Waals surface area contributed by atoms with Crippen molar-refractivity contribution in [3.8, 4) is 5.75 Å². The second kappa shape index (κ2) is 5.71. The topological polar surface area (TPSA) is 71.1 Å². The molecule has 0 aromatic heterocycles. The van der Waals surface area contributed by atoms with Gasteiger partial charge < -0.3 is 20.6 Å². The Labute approximate surface area is 119 Å². The van der Waals surface area contributed by atoms with E-state index in [0.717, 1.165) is 44.8 Å². The molecular formula is C15H21N3O2. The van der Waals surface area contributed by atoms with E-state index >= 15 is 0 Å². The highest BCUT2D eigenvalue weighted by atomic mass is 16.5. The van der Waals surface area contributed by atoms with Gasteiger partial charge in [-0.2, -0.15) is 0 Å². The smallest absolute Gasteiger partial charge is 0.143 e. The van der Waals surface area contributed by atoms with Crippen molar-refractivity contribution in [2.45, 2.75) is 18.8 Å². The van der Waals surface area contributed by atoms with Crippen molar-refractivity contribution in [1.29, 1.82) is 0 Å². The zero-order valence-corrected chi connectivity index (χ0v) is 11.5. The van der Waals surface area contributed by atoms with Gasteiger partial charge in [0.1, 0.15) is 11.6 Å². The van der Waals surface area contributed by atoms with E-state index in [1.807, 2.05) is 12.1 Å². The summed E-state index contributed by atoms with van der Waals surface area (Å²) in [5.74, 6) is 1.98. The summed E-state index contributed by atoms with van der Waals surface area (Å²) in [4.78, 5) is 2.41. The van der Waals surface area contributed by atoms with Gasteiger partial charge in [0.05, 0.1) is 6.61 Å². The van der Waals surface area contributed by atoms with Crippen LogP contribution < -0.4 is 10.5 Å². The third-order valence-electron chi connectivity index (χ3n) is 4.32. The van der Waals surface area contributed by atoms with Crippen LogP contribution in [0.25, 0.3) is 0 Å². The number of piperidine rings is 1. The molecular weight excluding hydrogens is 254 g/mol. The molecule has 0 spiro atoms. The summed E-state index contributed by atoms with van der Waals surface area (Å²) >= 11 is 0. The Morgan fingerprint density at radius 3 is 3.15 bits per heavy atom. The predicted octanol–water partition coefficient (Wildman–Crippen LogP) is 1.62. The molecule has 0 amide bonds. The van der Waals surface area contributed by atoms with E-state index in [4.69, 9.17) is 15.7 Å². The van der Waals surface area contributed by atoms with Crippen molar-refractivity contribution >= 4 is 5.84 Å². The van der Waals surface area contributed by atoms with Crippen molar-refractivity contribution in [2.75, 3.05) is 26.2 Å². The minimum absolute atomic E-state index is 0.173. The Morgan fingerprint density at radius 1 is 1.45 bits per heavy atom. The Bertz CT molecular complexity index is 504. The van der Waals surface area contributed by atoms with Crippen molar-refractivity contribution in [3.05, 3.63) is 29.8 Å². The zero-order valence-electron chi connectivity index (χ0n) is 11.5. The molecule has 20 heavy (non-hydrogen) atoms. The number of ether oxygens (including phenoxy) is 1. The average Bonchev–Trinajstić information content (AvgIpc) is 2.90. The van der Waals surface area contributed by atoms with E-state index in [0.29, 0.717) is 11.8 Å². The number of benzene rings is 1. The van der Waals surface area contributed by atoms with Gasteiger partial charge in [-0.05, 0) is 25.5 Å². The fourth-order valence-electron chi connectivity index (χ4n) is 3.24. The normalized spacial score (nSPS) is 27.1. The summed E-state index contributed by atoms with van der Waals surface area (Å²) in [5, 5.41) is 12.0. The molecule has 5 heteroatoms. The van der Waals surface area contributed by atoms with Crippen LogP contribution in [0.4, 0.5) is 0 Å². The van der Waals surface area contributed by atoms with Crippen LogP contribution in [-0.4, -0.2) is 42.2 Å². The molecule has 3 N–H and O–H groups in total. The molecule has 0 bridgehead atoms. The summed E-state index contributed by atoms with van der Waals surface area (Å²) in [6.07, 6.45) is 2.10. The van der Waals surface area contributed by atoms with E-state index in [9.17, 15) is 0 Å². The molecule has 2 unspecified atom stereocenters. The van der Waals surface area contributed by atoms with Gasteiger partial charge in [0.2, 0.25) is 0 Å². The lowest BCUT2D eigenvalue weighted by molar-refractivity contribution is 0.180. The van der Waals surface area contributed by atoms with E-state index in [2.05, 4.69) is 22.2 Å². The summed E-state index contributed by atoms with van der Waals surface area (Å²) in [7, 11) is 0.